The molecule has 6 heteroatoms. The molecule has 1 amide bonds. The van der Waals surface area contributed by atoms with Gasteiger partial charge in [-0.2, -0.15) is 0 Å². The predicted molar refractivity (Wildman–Crippen MR) is 130 cm³/mol. The minimum atomic E-state index is -0.368. The van der Waals surface area contributed by atoms with Gasteiger partial charge in [0.2, 0.25) is 0 Å². The zero-order valence-corrected chi connectivity index (χ0v) is 19.7. The molecule has 3 N–H and O–H groups in total. The lowest BCUT2D eigenvalue weighted by atomic mass is 9.91. The van der Waals surface area contributed by atoms with E-state index in [0.29, 0.717) is 42.3 Å². The van der Waals surface area contributed by atoms with E-state index in [4.69, 9.17) is 15.1 Å². The van der Waals surface area contributed by atoms with Crippen LogP contribution in [0.2, 0.25) is 0 Å². The molecule has 1 aromatic carbocycles. The number of furan rings is 1. The highest BCUT2D eigenvalue weighted by molar-refractivity contribution is 6.14. The fraction of sp³-hybridized carbons (Fsp3) is 0.370. The van der Waals surface area contributed by atoms with E-state index in [-0.39, 0.29) is 17.3 Å². The molecule has 2 heterocycles. The van der Waals surface area contributed by atoms with Crippen molar-refractivity contribution in [2.24, 2.45) is 11.7 Å². The van der Waals surface area contributed by atoms with E-state index in [1.54, 1.807) is 0 Å². The lowest BCUT2D eigenvalue weighted by molar-refractivity contribution is 0.0955. The van der Waals surface area contributed by atoms with Crippen LogP contribution in [-0.4, -0.2) is 16.7 Å². The molecule has 0 fully saturated rings. The molecule has 0 saturated heterocycles. The third-order valence-corrected chi connectivity index (χ3v) is 6.15. The summed E-state index contributed by atoms with van der Waals surface area (Å²) in [6, 6.07) is 8.18. The number of hydrogen-bond acceptors (Lipinski definition) is 5. The second-order valence-electron chi connectivity index (χ2n) is 9.22. The quantitative estimate of drug-likeness (QED) is 0.530. The maximum atomic E-state index is 13.4. The molecule has 3 aromatic rings. The third kappa shape index (κ3) is 4.48. The molecule has 0 radical (unpaired) electrons. The number of carbonyl (C=O) groups excluding carboxylic acids is 2. The topological polar surface area (TPSA) is 98.2 Å². The Bertz CT molecular complexity index is 1210. The van der Waals surface area contributed by atoms with Crippen LogP contribution in [0.15, 0.2) is 34.9 Å². The van der Waals surface area contributed by atoms with E-state index in [0.717, 1.165) is 46.5 Å². The SMILES string of the molecule is Cc1ccc(-c2c(CN)c(CC(C)C)nc(C)c2NC(=O)c2coc3c2C(=O)CCC3)cc1. The number of Topliss-reactive ketones (excluding diaryl/α,β-unsaturated/α-hetero) is 1. The predicted octanol–water partition coefficient (Wildman–Crippen LogP) is 5.39. The second-order valence-corrected chi connectivity index (χ2v) is 9.22. The monoisotopic (exact) mass is 445 g/mol. The van der Waals surface area contributed by atoms with Crippen LogP contribution in [0.1, 0.15) is 75.7 Å². The Balaban J connectivity index is 1.84. The highest BCUT2D eigenvalue weighted by Gasteiger charge is 2.29. The first-order valence-corrected chi connectivity index (χ1v) is 11.5. The molecule has 0 bridgehead atoms. The lowest BCUT2D eigenvalue weighted by Gasteiger charge is -2.21. The molecular weight excluding hydrogens is 414 g/mol. The standard InChI is InChI=1S/C27H31N3O3/c1-15(2)12-21-19(13-28)24(18-10-8-16(3)9-11-18)26(17(4)29-21)30-27(32)20-14-33-23-7-5-6-22(31)25(20)23/h8-11,14-15H,5-7,12-13,28H2,1-4H3,(H,30,32). The van der Waals surface area contributed by atoms with Crippen molar-refractivity contribution in [2.45, 2.75) is 59.9 Å². The summed E-state index contributed by atoms with van der Waals surface area (Å²) < 4.78 is 5.57. The van der Waals surface area contributed by atoms with E-state index in [1.807, 2.05) is 38.1 Å². The number of aromatic nitrogens is 1. The molecule has 1 aliphatic rings. The Kier molecular flexibility index (Phi) is 6.47. The summed E-state index contributed by atoms with van der Waals surface area (Å²) in [5, 5.41) is 3.05. The van der Waals surface area contributed by atoms with E-state index < -0.39 is 0 Å². The number of hydrogen-bond donors (Lipinski definition) is 2. The number of carbonyl (C=O) groups is 2. The van der Waals surface area contributed by atoms with Crippen LogP contribution >= 0.6 is 0 Å². The molecule has 33 heavy (non-hydrogen) atoms. The van der Waals surface area contributed by atoms with Gasteiger partial charge >= 0.3 is 0 Å². The maximum Gasteiger partial charge on any atom is 0.259 e. The highest BCUT2D eigenvalue weighted by atomic mass is 16.3. The number of fused-ring (bicyclic) bond motifs is 1. The minimum Gasteiger partial charge on any atom is -0.468 e. The summed E-state index contributed by atoms with van der Waals surface area (Å²) in [6.07, 6.45) is 4.05. The first-order valence-electron chi connectivity index (χ1n) is 11.5. The Morgan fingerprint density at radius 3 is 2.55 bits per heavy atom. The van der Waals surface area contributed by atoms with Crippen molar-refractivity contribution in [1.82, 2.24) is 4.98 Å². The summed E-state index contributed by atoms with van der Waals surface area (Å²) in [6.45, 7) is 8.54. The van der Waals surface area contributed by atoms with Crippen LogP contribution in [0, 0.1) is 19.8 Å². The maximum absolute atomic E-state index is 13.4. The number of ketones is 1. The van der Waals surface area contributed by atoms with Gasteiger partial charge in [-0.25, -0.2) is 0 Å². The number of pyridine rings is 1. The average molecular weight is 446 g/mol. The Labute approximate surface area is 194 Å². The first-order chi connectivity index (χ1) is 15.8. The summed E-state index contributed by atoms with van der Waals surface area (Å²) in [5.74, 6) is 0.601. The number of amides is 1. The molecule has 0 unspecified atom stereocenters. The van der Waals surface area contributed by atoms with Gasteiger partial charge in [0.1, 0.15) is 12.0 Å². The van der Waals surface area contributed by atoms with Gasteiger partial charge in [-0.3, -0.25) is 14.6 Å². The van der Waals surface area contributed by atoms with Gasteiger partial charge in [0.15, 0.2) is 5.78 Å². The first kappa shape index (κ1) is 22.9. The van der Waals surface area contributed by atoms with Gasteiger partial charge in [-0.1, -0.05) is 43.7 Å². The summed E-state index contributed by atoms with van der Waals surface area (Å²) in [5.41, 5.74) is 13.2. The lowest BCUT2D eigenvalue weighted by Crippen LogP contribution is -2.20. The molecule has 0 saturated carbocycles. The van der Waals surface area contributed by atoms with Crippen LogP contribution < -0.4 is 11.1 Å². The summed E-state index contributed by atoms with van der Waals surface area (Å²) >= 11 is 0. The number of nitrogens with two attached hydrogens (primary N) is 1. The molecule has 6 nitrogen and oxygen atoms in total. The molecule has 0 aliphatic heterocycles. The third-order valence-electron chi connectivity index (χ3n) is 6.15. The summed E-state index contributed by atoms with van der Waals surface area (Å²) in [4.78, 5) is 30.7. The van der Waals surface area contributed by atoms with Crippen molar-refractivity contribution < 1.29 is 14.0 Å². The van der Waals surface area contributed by atoms with Crippen molar-refractivity contribution in [2.75, 3.05) is 5.32 Å². The van der Waals surface area contributed by atoms with Gasteiger partial charge in [0.25, 0.3) is 5.91 Å². The van der Waals surface area contributed by atoms with Crippen LogP contribution in [-0.2, 0) is 19.4 Å². The number of rotatable bonds is 6. The molecule has 0 spiro atoms. The van der Waals surface area contributed by atoms with Crippen LogP contribution in [0.4, 0.5) is 5.69 Å². The van der Waals surface area contributed by atoms with Gasteiger partial charge in [-0.15, -0.1) is 0 Å². The molecular formula is C27H31N3O3. The Morgan fingerprint density at radius 2 is 1.88 bits per heavy atom. The molecule has 0 atom stereocenters. The highest BCUT2D eigenvalue weighted by Crippen LogP contribution is 2.37. The number of nitrogens with zero attached hydrogens (tertiary/aromatic N) is 1. The second kappa shape index (κ2) is 9.32. The zero-order chi connectivity index (χ0) is 23.7. The van der Waals surface area contributed by atoms with Gasteiger partial charge in [-0.05, 0) is 43.7 Å². The number of benzene rings is 1. The van der Waals surface area contributed by atoms with Gasteiger partial charge in [0, 0.05) is 30.6 Å². The smallest absolute Gasteiger partial charge is 0.259 e. The van der Waals surface area contributed by atoms with E-state index in [9.17, 15) is 9.59 Å². The average Bonchev–Trinajstić information content (AvgIpc) is 3.21. The molecule has 2 aromatic heterocycles. The van der Waals surface area contributed by atoms with Crippen molar-refractivity contribution >= 4 is 17.4 Å². The fourth-order valence-corrected chi connectivity index (χ4v) is 4.54. The van der Waals surface area contributed by atoms with E-state index in [1.165, 1.54) is 6.26 Å². The number of aryl methyl sites for hydroxylation is 3. The number of anilines is 1. The van der Waals surface area contributed by atoms with Gasteiger partial charge in [0.05, 0.1) is 22.5 Å². The van der Waals surface area contributed by atoms with Crippen molar-refractivity contribution in [1.29, 1.82) is 0 Å². The molecule has 4 rings (SSSR count). The van der Waals surface area contributed by atoms with E-state index >= 15 is 0 Å². The number of nitrogens with one attached hydrogen (secondary N) is 1. The Hall–Kier alpha value is -3.25. The minimum absolute atomic E-state index is 0.0429. The van der Waals surface area contributed by atoms with Crippen LogP contribution in [0.5, 0.6) is 0 Å². The normalized spacial score (nSPS) is 13.3. The molecule has 1 aliphatic carbocycles. The molecule has 172 valence electrons. The van der Waals surface area contributed by atoms with Gasteiger partial charge < -0.3 is 15.5 Å². The Morgan fingerprint density at radius 1 is 1.15 bits per heavy atom. The zero-order valence-electron chi connectivity index (χ0n) is 19.7. The van der Waals surface area contributed by atoms with Crippen molar-refractivity contribution in [3.63, 3.8) is 0 Å². The van der Waals surface area contributed by atoms with E-state index in [2.05, 4.69) is 19.2 Å². The van der Waals surface area contributed by atoms with Crippen molar-refractivity contribution in [3.8, 4) is 11.1 Å². The summed E-state index contributed by atoms with van der Waals surface area (Å²) in [7, 11) is 0. The van der Waals surface area contributed by atoms with Crippen LogP contribution in [0.25, 0.3) is 11.1 Å². The fourth-order valence-electron chi connectivity index (χ4n) is 4.54. The van der Waals surface area contributed by atoms with Crippen molar-refractivity contribution in [3.05, 3.63) is 69.9 Å². The largest absolute Gasteiger partial charge is 0.468 e. The van der Waals surface area contributed by atoms with Crippen LogP contribution in [0.3, 0.4) is 0 Å².